The number of halogens is 3. The minimum Gasteiger partial charge on any atom is -0.397 e. The number of primary amides is 1. The summed E-state index contributed by atoms with van der Waals surface area (Å²) in [5, 5.41) is 0. The van der Waals surface area contributed by atoms with Gasteiger partial charge in [-0.1, -0.05) is 6.07 Å². The van der Waals surface area contributed by atoms with Gasteiger partial charge >= 0.3 is 6.18 Å². The van der Waals surface area contributed by atoms with Crippen LogP contribution in [0.2, 0.25) is 0 Å². The largest absolute Gasteiger partial charge is 0.397 e. The summed E-state index contributed by atoms with van der Waals surface area (Å²) in [5.74, 6) is -2.10. The Labute approximate surface area is 114 Å². The molecule has 1 heterocycles. The Bertz CT molecular complexity index is 516. The zero-order valence-electron chi connectivity index (χ0n) is 10.8. The second-order valence-corrected chi connectivity index (χ2v) is 4.93. The van der Waals surface area contributed by atoms with E-state index in [0.29, 0.717) is 18.7 Å². The van der Waals surface area contributed by atoms with Gasteiger partial charge in [0.2, 0.25) is 0 Å². The SMILES string of the molecule is NC(=O)c1cccc(N)c1N1CCCC(C(F)(F)F)C1. The minimum atomic E-state index is -4.24. The van der Waals surface area contributed by atoms with Gasteiger partial charge in [0.15, 0.2) is 0 Å². The number of nitrogens with two attached hydrogens (primary N) is 2. The average Bonchev–Trinajstić information content (AvgIpc) is 2.37. The average molecular weight is 287 g/mol. The van der Waals surface area contributed by atoms with Crippen LogP contribution >= 0.6 is 0 Å². The van der Waals surface area contributed by atoms with E-state index < -0.39 is 18.0 Å². The van der Waals surface area contributed by atoms with Crippen molar-refractivity contribution in [3.05, 3.63) is 23.8 Å². The third-order valence-corrected chi connectivity index (χ3v) is 3.53. The van der Waals surface area contributed by atoms with Gasteiger partial charge in [-0.3, -0.25) is 4.79 Å². The molecule has 4 N–H and O–H groups in total. The molecule has 0 spiro atoms. The number of alkyl halides is 3. The highest BCUT2D eigenvalue weighted by atomic mass is 19.4. The number of nitrogen functional groups attached to an aromatic ring is 1. The highest BCUT2D eigenvalue weighted by Crippen LogP contribution is 2.37. The number of piperidine rings is 1. The van der Waals surface area contributed by atoms with Crippen LogP contribution in [-0.2, 0) is 0 Å². The minimum absolute atomic E-state index is 0.0959. The predicted octanol–water partition coefficient (Wildman–Crippen LogP) is 2.15. The molecule has 2 rings (SSSR count). The van der Waals surface area contributed by atoms with Gasteiger partial charge in [0, 0.05) is 13.1 Å². The summed E-state index contributed by atoms with van der Waals surface area (Å²) in [6, 6.07) is 4.59. The first-order chi connectivity index (χ1) is 9.30. The normalized spacial score (nSPS) is 19.9. The number of para-hydroxylation sites is 1. The first-order valence-corrected chi connectivity index (χ1v) is 6.30. The number of carbonyl (C=O) groups is 1. The van der Waals surface area contributed by atoms with Crippen molar-refractivity contribution in [1.29, 1.82) is 0 Å². The molecule has 1 atom stereocenters. The highest BCUT2D eigenvalue weighted by Gasteiger charge is 2.42. The fourth-order valence-corrected chi connectivity index (χ4v) is 2.56. The fourth-order valence-electron chi connectivity index (χ4n) is 2.56. The molecule has 0 aromatic heterocycles. The van der Waals surface area contributed by atoms with Gasteiger partial charge in [0.1, 0.15) is 0 Å². The number of amides is 1. The maximum Gasteiger partial charge on any atom is 0.393 e. The number of nitrogens with zero attached hydrogens (tertiary/aromatic N) is 1. The quantitative estimate of drug-likeness (QED) is 0.819. The second-order valence-electron chi connectivity index (χ2n) is 4.93. The molecule has 1 aliphatic heterocycles. The van der Waals surface area contributed by atoms with Crippen LogP contribution in [0.15, 0.2) is 18.2 Å². The molecule has 0 radical (unpaired) electrons. The Morgan fingerprint density at radius 1 is 1.35 bits per heavy atom. The summed E-state index contributed by atoms with van der Waals surface area (Å²) in [6.07, 6.45) is -3.75. The van der Waals surface area contributed by atoms with Gasteiger partial charge in [-0.2, -0.15) is 13.2 Å². The standard InChI is InChI=1S/C13H16F3N3O/c14-13(15,16)8-3-2-6-19(7-8)11-9(12(18)20)4-1-5-10(11)17/h1,4-5,8H,2-3,6-7,17H2,(H2,18,20). The van der Waals surface area contributed by atoms with E-state index in [4.69, 9.17) is 11.5 Å². The van der Waals surface area contributed by atoms with E-state index in [1.807, 2.05) is 0 Å². The van der Waals surface area contributed by atoms with Crippen molar-refractivity contribution in [3.8, 4) is 0 Å². The fraction of sp³-hybridized carbons (Fsp3) is 0.462. The maximum absolute atomic E-state index is 12.8. The van der Waals surface area contributed by atoms with Crippen molar-refractivity contribution in [1.82, 2.24) is 0 Å². The third kappa shape index (κ3) is 2.81. The molecule has 1 amide bonds. The number of hydrogen-bond acceptors (Lipinski definition) is 3. The molecule has 1 aromatic carbocycles. The molecule has 0 bridgehead atoms. The molecule has 1 saturated heterocycles. The molecule has 110 valence electrons. The predicted molar refractivity (Wildman–Crippen MR) is 70.4 cm³/mol. The van der Waals surface area contributed by atoms with Crippen LogP contribution in [0.1, 0.15) is 23.2 Å². The van der Waals surface area contributed by atoms with Crippen molar-refractivity contribution in [3.63, 3.8) is 0 Å². The first kappa shape index (κ1) is 14.5. The van der Waals surface area contributed by atoms with Crippen LogP contribution in [0.5, 0.6) is 0 Å². The molecule has 0 saturated carbocycles. The zero-order chi connectivity index (χ0) is 14.9. The number of anilines is 2. The lowest BCUT2D eigenvalue weighted by Crippen LogP contribution is -2.42. The van der Waals surface area contributed by atoms with Crippen LogP contribution in [0.4, 0.5) is 24.5 Å². The van der Waals surface area contributed by atoms with Crippen LogP contribution in [-0.4, -0.2) is 25.2 Å². The molecular weight excluding hydrogens is 271 g/mol. The van der Waals surface area contributed by atoms with Crippen LogP contribution in [0.25, 0.3) is 0 Å². The molecule has 1 aliphatic rings. The second kappa shape index (κ2) is 5.22. The lowest BCUT2D eigenvalue weighted by atomic mass is 9.96. The van der Waals surface area contributed by atoms with E-state index in [2.05, 4.69) is 0 Å². The molecule has 4 nitrogen and oxygen atoms in total. The molecule has 1 fully saturated rings. The lowest BCUT2D eigenvalue weighted by molar-refractivity contribution is -0.175. The van der Waals surface area contributed by atoms with Crippen molar-refractivity contribution in [2.45, 2.75) is 19.0 Å². The topological polar surface area (TPSA) is 72.3 Å². The van der Waals surface area contributed by atoms with Crippen LogP contribution in [0.3, 0.4) is 0 Å². The van der Waals surface area contributed by atoms with Gasteiger partial charge in [-0.05, 0) is 25.0 Å². The summed E-state index contributed by atoms with van der Waals surface area (Å²) in [4.78, 5) is 12.9. The highest BCUT2D eigenvalue weighted by molar-refractivity contribution is 6.01. The van der Waals surface area contributed by atoms with E-state index in [1.165, 1.54) is 11.0 Å². The lowest BCUT2D eigenvalue weighted by Gasteiger charge is -2.36. The van der Waals surface area contributed by atoms with Gasteiger partial charge < -0.3 is 16.4 Å². The van der Waals surface area contributed by atoms with Gasteiger partial charge in [0.25, 0.3) is 5.91 Å². The zero-order valence-corrected chi connectivity index (χ0v) is 10.8. The summed E-state index contributed by atoms with van der Waals surface area (Å²) >= 11 is 0. The van der Waals surface area contributed by atoms with Crippen molar-refractivity contribution in [2.75, 3.05) is 23.7 Å². The molecule has 1 unspecified atom stereocenters. The number of benzene rings is 1. The monoisotopic (exact) mass is 287 g/mol. The maximum atomic E-state index is 12.8. The molecular formula is C13H16F3N3O. The molecule has 0 aliphatic carbocycles. The Kier molecular flexibility index (Phi) is 3.78. The van der Waals surface area contributed by atoms with E-state index in [-0.39, 0.29) is 24.2 Å². The Morgan fingerprint density at radius 2 is 2.05 bits per heavy atom. The van der Waals surface area contributed by atoms with Gasteiger partial charge in [-0.15, -0.1) is 0 Å². The van der Waals surface area contributed by atoms with Crippen LogP contribution in [0, 0.1) is 5.92 Å². The van der Waals surface area contributed by atoms with E-state index in [0.717, 1.165) is 0 Å². The van der Waals surface area contributed by atoms with Crippen molar-refractivity contribution >= 4 is 17.3 Å². The summed E-state index contributed by atoms with van der Waals surface area (Å²) < 4.78 is 38.5. The number of hydrogen-bond donors (Lipinski definition) is 2. The first-order valence-electron chi connectivity index (χ1n) is 6.30. The Morgan fingerprint density at radius 3 is 2.65 bits per heavy atom. The van der Waals surface area contributed by atoms with Gasteiger partial charge in [-0.25, -0.2) is 0 Å². The van der Waals surface area contributed by atoms with Crippen molar-refractivity contribution < 1.29 is 18.0 Å². The van der Waals surface area contributed by atoms with E-state index in [1.54, 1.807) is 12.1 Å². The van der Waals surface area contributed by atoms with E-state index >= 15 is 0 Å². The third-order valence-electron chi connectivity index (χ3n) is 3.53. The number of carbonyl (C=O) groups excluding carboxylic acids is 1. The van der Waals surface area contributed by atoms with Crippen LogP contribution < -0.4 is 16.4 Å². The number of rotatable bonds is 2. The Hall–Kier alpha value is -1.92. The summed E-state index contributed by atoms with van der Waals surface area (Å²) in [7, 11) is 0. The van der Waals surface area contributed by atoms with E-state index in [9.17, 15) is 18.0 Å². The molecule has 7 heteroatoms. The van der Waals surface area contributed by atoms with Crippen molar-refractivity contribution in [2.24, 2.45) is 11.7 Å². The molecule has 1 aromatic rings. The summed E-state index contributed by atoms with van der Waals surface area (Å²) in [5.41, 5.74) is 11.8. The molecule has 20 heavy (non-hydrogen) atoms. The Balaban J connectivity index is 2.34. The summed E-state index contributed by atoms with van der Waals surface area (Å²) in [6.45, 7) is 0.235. The van der Waals surface area contributed by atoms with Gasteiger partial charge in [0.05, 0.1) is 22.9 Å². The smallest absolute Gasteiger partial charge is 0.393 e.